The van der Waals surface area contributed by atoms with Crippen molar-refractivity contribution >= 4 is 11.7 Å². The van der Waals surface area contributed by atoms with Crippen LogP contribution < -0.4 is 4.74 Å². The minimum Gasteiger partial charge on any atom is -0.478 e. The maximum Gasteiger partial charge on any atom is 0.339 e. The Kier molecular flexibility index (Phi) is 3.84. The lowest BCUT2D eigenvalue weighted by Crippen LogP contribution is -2.04. The second-order valence-electron chi connectivity index (χ2n) is 4.25. The molecule has 0 aliphatic carbocycles. The van der Waals surface area contributed by atoms with Crippen molar-refractivity contribution in [2.24, 2.45) is 0 Å². The number of aromatic carboxylic acids is 1. The standard InChI is InChI=1S/C14H10FNO5/c1-8-5-6-10(15)12(7-8)21-13-9(14(17)18)3-2-4-11(13)16(19)20/h2-7H,1H3,(H,17,18). The van der Waals surface area contributed by atoms with Gasteiger partial charge in [0.1, 0.15) is 5.56 Å². The van der Waals surface area contributed by atoms with Crippen molar-refractivity contribution in [3.63, 3.8) is 0 Å². The highest BCUT2D eigenvalue weighted by molar-refractivity contribution is 5.92. The van der Waals surface area contributed by atoms with Crippen molar-refractivity contribution in [3.8, 4) is 11.5 Å². The fraction of sp³-hybridized carbons (Fsp3) is 0.0714. The number of halogens is 1. The summed E-state index contributed by atoms with van der Waals surface area (Å²) in [4.78, 5) is 21.3. The molecule has 2 aromatic carbocycles. The largest absolute Gasteiger partial charge is 0.478 e. The van der Waals surface area contributed by atoms with Gasteiger partial charge in [0.05, 0.1) is 4.92 Å². The molecule has 0 saturated carbocycles. The summed E-state index contributed by atoms with van der Waals surface area (Å²) in [5.41, 5.74) is -0.289. The third-order valence-corrected chi connectivity index (χ3v) is 2.72. The number of hydrogen-bond donors (Lipinski definition) is 1. The van der Waals surface area contributed by atoms with E-state index in [0.717, 1.165) is 18.2 Å². The lowest BCUT2D eigenvalue weighted by molar-refractivity contribution is -0.385. The van der Waals surface area contributed by atoms with Crippen LogP contribution in [0, 0.1) is 22.9 Å². The molecule has 7 heteroatoms. The topological polar surface area (TPSA) is 89.7 Å². The number of benzene rings is 2. The van der Waals surface area contributed by atoms with Crippen molar-refractivity contribution in [1.82, 2.24) is 0 Å². The molecular formula is C14H10FNO5. The average molecular weight is 291 g/mol. The van der Waals surface area contributed by atoms with E-state index in [1.807, 2.05) is 0 Å². The summed E-state index contributed by atoms with van der Waals surface area (Å²) in [6.45, 7) is 1.68. The third kappa shape index (κ3) is 2.97. The van der Waals surface area contributed by atoms with Gasteiger partial charge in [-0.1, -0.05) is 12.1 Å². The molecule has 0 aliphatic heterocycles. The van der Waals surface area contributed by atoms with Crippen molar-refractivity contribution in [2.45, 2.75) is 6.92 Å². The predicted octanol–water partition coefficient (Wildman–Crippen LogP) is 3.53. The van der Waals surface area contributed by atoms with E-state index in [1.165, 1.54) is 18.2 Å². The van der Waals surface area contributed by atoms with Crippen LogP contribution in [0.2, 0.25) is 0 Å². The van der Waals surface area contributed by atoms with Gasteiger partial charge in [0.15, 0.2) is 11.6 Å². The molecule has 0 fully saturated rings. The smallest absolute Gasteiger partial charge is 0.339 e. The number of carboxylic acids is 1. The number of ether oxygens (including phenoxy) is 1. The van der Waals surface area contributed by atoms with Crippen LogP contribution in [-0.4, -0.2) is 16.0 Å². The predicted molar refractivity (Wildman–Crippen MR) is 71.3 cm³/mol. The Balaban J connectivity index is 2.59. The van der Waals surface area contributed by atoms with E-state index in [9.17, 15) is 19.3 Å². The summed E-state index contributed by atoms with van der Waals surface area (Å²) in [5, 5.41) is 20.1. The van der Waals surface area contributed by atoms with E-state index in [2.05, 4.69) is 0 Å². The molecule has 1 N–H and O–H groups in total. The summed E-state index contributed by atoms with van der Waals surface area (Å²) < 4.78 is 18.9. The van der Waals surface area contributed by atoms with E-state index < -0.39 is 33.7 Å². The van der Waals surface area contributed by atoms with Crippen LogP contribution in [-0.2, 0) is 0 Å². The number of nitrogens with zero attached hydrogens (tertiary/aromatic N) is 1. The average Bonchev–Trinajstić information content (AvgIpc) is 2.42. The van der Waals surface area contributed by atoms with Gasteiger partial charge in [-0.05, 0) is 30.7 Å². The molecule has 108 valence electrons. The molecule has 0 aromatic heterocycles. The highest BCUT2D eigenvalue weighted by atomic mass is 19.1. The zero-order chi connectivity index (χ0) is 15.6. The molecule has 0 saturated heterocycles. The summed E-state index contributed by atoms with van der Waals surface area (Å²) in [6.07, 6.45) is 0. The van der Waals surface area contributed by atoms with Crippen molar-refractivity contribution in [1.29, 1.82) is 0 Å². The van der Waals surface area contributed by atoms with E-state index in [0.29, 0.717) is 5.56 Å². The van der Waals surface area contributed by atoms with Crippen molar-refractivity contribution in [2.75, 3.05) is 0 Å². The molecule has 0 spiro atoms. The number of aryl methyl sites for hydroxylation is 1. The molecule has 6 nitrogen and oxygen atoms in total. The van der Waals surface area contributed by atoms with Crippen molar-refractivity contribution < 1.29 is 24.0 Å². The highest BCUT2D eigenvalue weighted by Gasteiger charge is 2.24. The van der Waals surface area contributed by atoms with Crippen molar-refractivity contribution in [3.05, 3.63) is 63.5 Å². The SMILES string of the molecule is Cc1ccc(F)c(Oc2c(C(=O)O)cccc2[N+](=O)[O-])c1. The van der Waals surface area contributed by atoms with Gasteiger partial charge >= 0.3 is 11.7 Å². The number of carbonyl (C=O) groups is 1. The number of hydrogen-bond acceptors (Lipinski definition) is 4. The second-order valence-corrected chi connectivity index (χ2v) is 4.25. The first-order valence-corrected chi connectivity index (χ1v) is 5.85. The Morgan fingerprint density at radius 1 is 1.33 bits per heavy atom. The van der Waals surface area contributed by atoms with Gasteiger partial charge in [0.2, 0.25) is 5.75 Å². The Morgan fingerprint density at radius 3 is 2.67 bits per heavy atom. The van der Waals surface area contributed by atoms with Crippen LogP contribution in [0.4, 0.5) is 10.1 Å². The first kappa shape index (κ1) is 14.4. The van der Waals surface area contributed by atoms with Gasteiger partial charge in [0.25, 0.3) is 0 Å². The van der Waals surface area contributed by atoms with Crippen LogP contribution in [0.3, 0.4) is 0 Å². The molecule has 0 radical (unpaired) electrons. The normalized spacial score (nSPS) is 10.2. The second kappa shape index (κ2) is 5.58. The molecule has 0 heterocycles. The Labute approximate surface area is 118 Å². The number of nitro groups is 1. The lowest BCUT2D eigenvalue weighted by atomic mass is 10.1. The van der Waals surface area contributed by atoms with Crippen LogP contribution in [0.1, 0.15) is 15.9 Å². The van der Waals surface area contributed by atoms with E-state index in [4.69, 9.17) is 9.84 Å². The van der Waals surface area contributed by atoms with E-state index in [1.54, 1.807) is 6.92 Å². The Hall–Kier alpha value is -2.96. The maximum absolute atomic E-state index is 13.7. The Morgan fingerprint density at radius 2 is 2.05 bits per heavy atom. The van der Waals surface area contributed by atoms with Crippen LogP contribution in [0.25, 0.3) is 0 Å². The fourth-order valence-electron chi connectivity index (χ4n) is 1.74. The molecular weight excluding hydrogens is 281 g/mol. The van der Waals surface area contributed by atoms with Crippen LogP contribution >= 0.6 is 0 Å². The summed E-state index contributed by atoms with van der Waals surface area (Å²) in [5.74, 6) is -2.91. The molecule has 2 aromatic rings. The molecule has 0 bridgehead atoms. The van der Waals surface area contributed by atoms with E-state index in [-0.39, 0.29) is 5.75 Å². The quantitative estimate of drug-likeness (QED) is 0.687. The molecule has 0 atom stereocenters. The fourth-order valence-corrected chi connectivity index (χ4v) is 1.74. The van der Waals surface area contributed by atoms with Gasteiger partial charge in [-0.2, -0.15) is 0 Å². The first-order valence-electron chi connectivity index (χ1n) is 5.85. The van der Waals surface area contributed by atoms with Gasteiger partial charge in [-0.25, -0.2) is 9.18 Å². The minimum atomic E-state index is -1.40. The van der Waals surface area contributed by atoms with Gasteiger partial charge in [-0.15, -0.1) is 0 Å². The number of nitro benzene ring substituents is 1. The lowest BCUT2D eigenvalue weighted by Gasteiger charge is -2.10. The molecule has 0 aliphatic rings. The molecule has 2 rings (SSSR count). The summed E-state index contributed by atoms with van der Waals surface area (Å²) in [7, 11) is 0. The van der Waals surface area contributed by atoms with Gasteiger partial charge in [0, 0.05) is 6.07 Å². The molecule has 0 amide bonds. The molecule has 0 unspecified atom stereocenters. The molecule has 21 heavy (non-hydrogen) atoms. The number of rotatable bonds is 4. The number of carboxylic acid groups (broad SMARTS) is 1. The first-order chi connectivity index (χ1) is 9.90. The summed E-state index contributed by atoms with van der Waals surface area (Å²) >= 11 is 0. The van der Waals surface area contributed by atoms with Crippen LogP contribution in [0.5, 0.6) is 11.5 Å². The monoisotopic (exact) mass is 291 g/mol. The number of para-hydroxylation sites is 1. The minimum absolute atomic E-state index is 0.271. The van der Waals surface area contributed by atoms with Crippen LogP contribution in [0.15, 0.2) is 36.4 Å². The zero-order valence-corrected chi connectivity index (χ0v) is 10.9. The highest BCUT2D eigenvalue weighted by Crippen LogP contribution is 2.36. The summed E-state index contributed by atoms with van der Waals surface area (Å²) in [6, 6.07) is 7.44. The van der Waals surface area contributed by atoms with Gasteiger partial charge < -0.3 is 9.84 Å². The maximum atomic E-state index is 13.7. The zero-order valence-electron chi connectivity index (χ0n) is 10.9. The van der Waals surface area contributed by atoms with Gasteiger partial charge in [-0.3, -0.25) is 10.1 Å². The van der Waals surface area contributed by atoms with E-state index >= 15 is 0 Å². The Bertz CT molecular complexity index is 697. The third-order valence-electron chi connectivity index (χ3n) is 2.72.